The normalized spacial score (nSPS) is 15.2. The SMILES string of the molecule is CCCOc1ccc(C2C(C(=O)c3cc4cc(Cl)cc(OC)c4o3)=C(O)C(=O)N2c2cccc(OC)c2)cc1. The lowest BCUT2D eigenvalue weighted by Gasteiger charge is -2.27. The van der Waals surface area contributed by atoms with Gasteiger partial charge in [-0.25, -0.2) is 0 Å². The molecule has 200 valence electrons. The average Bonchev–Trinajstić information content (AvgIpc) is 3.50. The van der Waals surface area contributed by atoms with Crippen LogP contribution in [-0.2, 0) is 4.79 Å². The van der Waals surface area contributed by atoms with Crippen molar-refractivity contribution in [1.82, 2.24) is 0 Å². The molecule has 8 nitrogen and oxygen atoms in total. The van der Waals surface area contributed by atoms with Crippen molar-refractivity contribution in [2.24, 2.45) is 0 Å². The number of fused-ring (bicyclic) bond motifs is 1. The van der Waals surface area contributed by atoms with Crippen LogP contribution in [0, 0.1) is 0 Å². The number of carbonyl (C=O) groups excluding carboxylic acids is 2. The summed E-state index contributed by atoms with van der Waals surface area (Å²) >= 11 is 6.19. The van der Waals surface area contributed by atoms with Crippen LogP contribution >= 0.6 is 11.6 Å². The minimum Gasteiger partial charge on any atom is -0.503 e. The second kappa shape index (κ2) is 10.7. The Morgan fingerprint density at radius 2 is 1.79 bits per heavy atom. The number of rotatable bonds is 9. The second-order valence-electron chi connectivity index (χ2n) is 8.93. The summed E-state index contributed by atoms with van der Waals surface area (Å²) in [6.07, 6.45) is 0.852. The van der Waals surface area contributed by atoms with Gasteiger partial charge in [-0.3, -0.25) is 14.5 Å². The van der Waals surface area contributed by atoms with E-state index < -0.39 is 23.5 Å². The Labute approximate surface area is 229 Å². The number of nitrogens with zero attached hydrogens (tertiary/aromatic N) is 1. The maximum atomic E-state index is 13.9. The van der Waals surface area contributed by atoms with Crippen LogP contribution in [0.1, 0.15) is 35.5 Å². The molecule has 1 unspecified atom stereocenters. The Morgan fingerprint density at radius 1 is 1.03 bits per heavy atom. The van der Waals surface area contributed by atoms with Crippen LogP contribution in [-0.4, -0.2) is 37.6 Å². The summed E-state index contributed by atoms with van der Waals surface area (Å²) in [4.78, 5) is 28.8. The fraction of sp³-hybridized carbons (Fsp3) is 0.200. The van der Waals surface area contributed by atoms with Gasteiger partial charge in [-0.05, 0) is 48.4 Å². The first kappa shape index (κ1) is 26.2. The molecule has 0 spiro atoms. The van der Waals surface area contributed by atoms with Crippen molar-refractivity contribution >= 4 is 39.9 Å². The minimum atomic E-state index is -0.948. The predicted molar refractivity (Wildman–Crippen MR) is 147 cm³/mol. The highest BCUT2D eigenvalue weighted by Crippen LogP contribution is 2.44. The van der Waals surface area contributed by atoms with Gasteiger partial charge in [-0.15, -0.1) is 0 Å². The van der Waals surface area contributed by atoms with Gasteiger partial charge in [-0.1, -0.05) is 36.7 Å². The summed E-state index contributed by atoms with van der Waals surface area (Å²) in [7, 11) is 2.99. The first-order valence-electron chi connectivity index (χ1n) is 12.3. The molecule has 3 aromatic carbocycles. The van der Waals surface area contributed by atoms with Crippen molar-refractivity contribution in [2.75, 3.05) is 25.7 Å². The van der Waals surface area contributed by atoms with E-state index in [9.17, 15) is 14.7 Å². The number of amides is 1. The number of methoxy groups -OCH3 is 2. The van der Waals surface area contributed by atoms with Crippen molar-refractivity contribution in [3.05, 3.63) is 94.4 Å². The van der Waals surface area contributed by atoms with E-state index in [0.29, 0.717) is 51.1 Å². The zero-order chi connectivity index (χ0) is 27.7. The van der Waals surface area contributed by atoms with E-state index in [4.69, 9.17) is 30.2 Å². The van der Waals surface area contributed by atoms with Gasteiger partial charge in [0.25, 0.3) is 5.91 Å². The van der Waals surface area contributed by atoms with Crippen molar-refractivity contribution in [1.29, 1.82) is 0 Å². The number of Topliss-reactive ketones (excluding diaryl/α,β-unsaturated/α-hetero) is 1. The molecule has 0 fully saturated rings. The first-order valence-corrected chi connectivity index (χ1v) is 12.7. The van der Waals surface area contributed by atoms with E-state index in [-0.39, 0.29) is 11.3 Å². The zero-order valence-corrected chi connectivity index (χ0v) is 22.3. The molecular formula is C30H26ClNO7. The number of halogens is 1. The summed E-state index contributed by atoms with van der Waals surface area (Å²) in [5, 5.41) is 12.0. The van der Waals surface area contributed by atoms with Crippen molar-refractivity contribution in [2.45, 2.75) is 19.4 Å². The largest absolute Gasteiger partial charge is 0.503 e. The van der Waals surface area contributed by atoms with Crippen LogP contribution in [0.4, 0.5) is 5.69 Å². The van der Waals surface area contributed by atoms with E-state index >= 15 is 0 Å². The summed E-state index contributed by atoms with van der Waals surface area (Å²) in [5.74, 6) is -0.570. The number of anilines is 1. The van der Waals surface area contributed by atoms with Crippen LogP contribution in [0.5, 0.6) is 17.2 Å². The molecule has 1 amide bonds. The molecule has 1 aliphatic heterocycles. The van der Waals surface area contributed by atoms with Gasteiger partial charge in [0, 0.05) is 28.2 Å². The Bertz CT molecular complexity index is 1590. The summed E-state index contributed by atoms with van der Waals surface area (Å²) in [6.45, 7) is 2.57. The monoisotopic (exact) mass is 547 g/mol. The van der Waals surface area contributed by atoms with E-state index in [1.807, 2.05) is 6.92 Å². The number of hydrogen-bond acceptors (Lipinski definition) is 7. The van der Waals surface area contributed by atoms with Gasteiger partial charge in [-0.2, -0.15) is 0 Å². The Kier molecular flexibility index (Phi) is 7.21. The highest BCUT2D eigenvalue weighted by molar-refractivity contribution is 6.31. The van der Waals surface area contributed by atoms with Gasteiger partial charge in [0.15, 0.2) is 22.9 Å². The van der Waals surface area contributed by atoms with Crippen LogP contribution in [0.15, 0.2) is 82.5 Å². The van der Waals surface area contributed by atoms with E-state index in [0.717, 1.165) is 6.42 Å². The van der Waals surface area contributed by atoms with Gasteiger partial charge < -0.3 is 23.7 Å². The average molecular weight is 548 g/mol. The standard InChI is InChI=1S/C30H26ClNO7/c1-4-12-38-21-10-8-17(9-11-21)26-25(28(34)30(35)32(26)20-6-5-7-22(16-20)36-2)27(33)23-14-18-13-19(31)15-24(37-3)29(18)39-23/h5-11,13-16,26,34H,4,12H2,1-3H3. The second-order valence-corrected chi connectivity index (χ2v) is 9.36. The summed E-state index contributed by atoms with van der Waals surface area (Å²) in [5.41, 5.74) is 1.25. The maximum Gasteiger partial charge on any atom is 0.294 e. The van der Waals surface area contributed by atoms with Crippen molar-refractivity contribution in [3.63, 3.8) is 0 Å². The van der Waals surface area contributed by atoms with Crippen LogP contribution in [0.25, 0.3) is 11.0 Å². The Hall–Kier alpha value is -4.43. The van der Waals surface area contributed by atoms with Gasteiger partial charge >= 0.3 is 0 Å². The lowest BCUT2D eigenvalue weighted by molar-refractivity contribution is -0.117. The van der Waals surface area contributed by atoms with Gasteiger partial charge in [0.05, 0.1) is 32.4 Å². The molecule has 5 rings (SSSR count). The number of furan rings is 1. The van der Waals surface area contributed by atoms with Crippen LogP contribution < -0.4 is 19.1 Å². The number of aliphatic hydroxyl groups excluding tert-OH is 1. The van der Waals surface area contributed by atoms with Crippen LogP contribution in [0.3, 0.4) is 0 Å². The number of carbonyl (C=O) groups is 2. The molecule has 9 heteroatoms. The first-order chi connectivity index (χ1) is 18.9. The molecule has 1 aliphatic rings. The number of ketones is 1. The van der Waals surface area contributed by atoms with E-state index in [1.54, 1.807) is 60.7 Å². The molecule has 1 aromatic heterocycles. The molecule has 1 N–H and O–H groups in total. The molecule has 4 aromatic rings. The molecule has 0 saturated heterocycles. The predicted octanol–water partition coefficient (Wildman–Crippen LogP) is 6.68. The number of aliphatic hydroxyl groups is 1. The zero-order valence-electron chi connectivity index (χ0n) is 21.6. The smallest absolute Gasteiger partial charge is 0.294 e. The molecule has 1 atom stereocenters. The van der Waals surface area contributed by atoms with E-state index in [2.05, 4.69) is 0 Å². The molecule has 0 bridgehead atoms. The third kappa shape index (κ3) is 4.79. The number of hydrogen-bond donors (Lipinski definition) is 1. The van der Waals surface area contributed by atoms with Gasteiger partial charge in [0.2, 0.25) is 5.78 Å². The highest BCUT2D eigenvalue weighted by Gasteiger charge is 2.45. The number of ether oxygens (including phenoxy) is 3. The van der Waals surface area contributed by atoms with Crippen molar-refractivity contribution < 1.29 is 33.3 Å². The summed E-state index contributed by atoms with van der Waals surface area (Å²) in [6, 6.07) is 17.7. The third-order valence-corrected chi connectivity index (χ3v) is 6.66. The quantitative estimate of drug-likeness (QED) is 0.233. The molecule has 0 aliphatic carbocycles. The lowest BCUT2D eigenvalue weighted by Crippen LogP contribution is -2.31. The molecule has 39 heavy (non-hydrogen) atoms. The molecule has 0 saturated carbocycles. The Morgan fingerprint density at radius 3 is 2.49 bits per heavy atom. The lowest BCUT2D eigenvalue weighted by atomic mass is 9.94. The topological polar surface area (TPSA) is 98.4 Å². The van der Waals surface area contributed by atoms with Crippen molar-refractivity contribution in [3.8, 4) is 17.2 Å². The molecule has 0 radical (unpaired) electrons. The maximum absolute atomic E-state index is 13.9. The Balaban J connectivity index is 1.63. The fourth-order valence-corrected chi connectivity index (χ4v) is 4.84. The fourth-order valence-electron chi connectivity index (χ4n) is 4.63. The third-order valence-electron chi connectivity index (χ3n) is 6.44. The van der Waals surface area contributed by atoms with Gasteiger partial charge in [0.1, 0.15) is 11.5 Å². The molecular weight excluding hydrogens is 522 g/mol. The summed E-state index contributed by atoms with van der Waals surface area (Å²) < 4.78 is 22.3. The molecule has 2 heterocycles. The van der Waals surface area contributed by atoms with Crippen LogP contribution in [0.2, 0.25) is 5.02 Å². The number of benzene rings is 3. The highest BCUT2D eigenvalue weighted by atomic mass is 35.5. The minimum absolute atomic E-state index is 0.0692. The van der Waals surface area contributed by atoms with E-state index in [1.165, 1.54) is 25.2 Å².